The van der Waals surface area contributed by atoms with Crippen molar-refractivity contribution in [2.75, 3.05) is 17.1 Å². The lowest BCUT2D eigenvalue weighted by molar-refractivity contribution is -0.134. The van der Waals surface area contributed by atoms with Crippen LogP contribution in [0.2, 0.25) is 0 Å². The highest BCUT2D eigenvalue weighted by Crippen LogP contribution is 2.24. The van der Waals surface area contributed by atoms with Crippen LogP contribution >= 0.6 is 0 Å². The zero-order valence-corrected chi connectivity index (χ0v) is 12.1. The molecule has 0 amide bonds. The number of benzene rings is 1. The Morgan fingerprint density at radius 1 is 1.33 bits per heavy atom. The van der Waals surface area contributed by atoms with Crippen molar-refractivity contribution in [3.05, 3.63) is 29.8 Å². The van der Waals surface area contributed by atoms with Gasteiger partial charge in [0.25, 0.3) is 0 Å². The Bertz CT molecular complexity index is 614. The molecule has 21 heavy (non-hydrogen) atoms. The number of nitrogen functional groups attached to an aromatic ring is 1. The summed E-state index contributed by atoms with van der Waals surface area (Å²) in [6, 6.07) is 6.06. The largest absolute Gasteiger partial charge is 0.389 e. The van der Waals surface area contributed by atoms with Gasteiger partial charge in [-0.3, -0.25) is 9.71 Å². The fourth-order valence-electron chi connectivity index (χ4n) is 1.72. The van der Waals surface area contributed by atoms with Gasteiger partial charge >= 0.3 is 6.18 Å². The van der Waals surface area contributed by atoms with E-state index < -0.39 is 34.8 Å². The summed E-state index contributed by atoms with van der Waals surface area (Å²) in [6.45, 7) is 0. The van der Waals surface area contributed by atoms with Gasteiger partial charge in [-0.25, -0.2) is 8.42 Å². The Morgan fingerprint density at radius 2 is 1.90 bits per heavy atom. The summed E-state index contributed by atoms with van der Waals surface area (Å²) in [7, 11) is -2.68. The molecule has 0 unspecified atom stereocenters. The number of nitrogens with two attached hydrogens (primary N) is 1. The molecule has 0 bridgehead atoms. The average molecular weight is 323 g/mol. The molecule has 0 aromatic heterocycles. The predicted octanol–water partition coefficient (Wildman–Crippen LogP) is 2.08. The van der Waals surface area contributed by atoms with Crippen LogP contribution in [0.25, 0.3) is 0 Å². The van der Waals surface area contributed by atoms with Crippen molar-refractivity contribution in [3.63, 3.8) is 0 Å². The highest BCUT2D eigenvalue weighted by atomic mass is 32.2. The van der Waals surface area contributed by atoms with Crippen LogP contribution in [0, 0.1) is 5.41 Å². The van der Waals surface area contributed by atoms with E-state index in [-0.39, 0.29) is 17.1 Å². The van der Waals surface area contributed by atoms with Crippen LogP contribution in [-0.2, 0) is 10.0 Å². The van der Waals surface area contributed by atoms with E-state index in [1.165, 1.54) is 19.2 Å². The Kier molecular flexibility index (Phi) is 5.21. The Hall–Kier alpha value is -1.77. The molecule has 3 N–H and O–H groups in total. The van der Waals surface area contributed by atoms with Crippen molar-refractivity contribution in [2.45, 2.75) is 19.0 Å². The standard InChI is InChI=1S/C12H16F3N3O2S/c1-18(10-6-3-2-5-9(10)11(16)17)21(19,20)8-4-7-12(13,14)15/h2-3,5-6H,4,7-8H2,1H3,(H3,16,17). The number of anilines is 1. The monoisotopic (exact) mass is 323 g/mol. The zero-order valence-electron chi connectivity index (χ0n) is 11.3. The molecule has 0 aliphatic carbocycles. The van der Waals surface area contributed by atoms with Crippen LogP contribution in [0.15, 0.2) is 24.3 Å². The summed E-state index contributed by atoms with van der Waals surface area (Å²) >= 11 is 0. The number of hydrogen-bond donors (Lipinski definition) is 2. The molecule has 5 nitrogen and oxygen atoms in total. The summed E-state index contributed by atoms with van der Waals surface area (Å²) in [5.74, 6) is -0.946. The molecule has 1 aromatic rings. The maximum Gasteiger partial charge on any atom is 0.389 e. The number of amidine groups is 1. The average Bonchev–Trinajstić information content (AvgIpc) is 2.35. The first-order valence-corrected chi connectivity index (χ1v) is 7.62. The van der Waals surface area contributed by atoms with Crippen LogP contribution in [0.4, 0.5) is 18.9 Å². The van der Waals surface area contributed by atoms with Gasteiger partial charge in [-0.05, 0) is 18.6 Å². The third-order valence-electron chi connectivity index (χ3n) is 2.81. The molecule has 0 aliphatic rings. The summed E-state index contributed by atoms with van der Waals surface area (Å²) in [4.78, 5) is 0. The van der Waals surface area contributed by atoms with Gasteiger partial charge in [0, 0.05) is 19.0 Å². The molecule has 118 valence electrons. The first kappa shape index (κ1) is 17.3. The van der Waals surface area contributed by atoms with Gasteiger partial charge in [-0.1, -0.05) is 12.1 Å². The van der Waals surface area contributed by atoms with Crippen molar-refractivity contribution >= 4 is 21.5 Å². The van der Waals surface area contributed by atoms with Crippen molar-refractivity contribution in [2.24, 2.45) is 5.73 Å². The molecule has 0 spiro atoms. The Balaban J connectivity index is 2.92. The van der Waals surface area contributed by atoms with Gasteiger partial charge in [0.1, 0.15) is 5.84 Å². The van der Waals surface area contributed by atoms with Crippen molar-refractivity contribution in [1.29, 1.82) is 5.41 Å². The normalized spacial score (nSPS) is 12.2. The third kappa shape index (κ3) is 4.92. The SMILES string of the molecule is CN(c1ccccc1C(=N)N)S(=O)(=O)CCCC(F)(F)F. The number of halogens is 3. The van der Waals surface area contributed by atoms with E-state index in [2.05, 4.69) is 0 Å². The highest BCUT2D eigenvalue weighted by Gasteiger charge is 2.29. The molecule has 0 heterocycles. The van der Waals surface area contributed by atoms with Gasteiger partial charge in [-0.15, -0.1) is 0 Å². The van der Waals surface area contributed by atoms with Crippen LogP contribution < -0.4 is 10.0 Å². The van der Waals surface area contributed by atoms with Gasteiger partial charge in [0.2, 0.25) is 10.0 Å². The molecule has 0 fully saturated rings. The number of nitrogens with one attached hydrogen (secondary N) is 1. The maximum absolute atomic E-state index is 12.1. The number of rotatable bonds is 6. The number of para-hydroxylation sites is 1. The molecule has 0 atom stereocenters. The van der Waals surface area contributed by atoms with Gasteiger partial charge in [0.15, 0.2) is 0 Å². The lowest BCUT2D eigenvalue weighted by Gasteiger charge is -2.22. The second-order valence-electron chi connectivity index (χ2n) is 4.43. The van der Waals surface area contributed by atoms with Crippen molar-refractivity contribution in [1.82, 2.24) is 0 Å². The minimum atomic E-state index is -4.38. The number of alkyl halides is 3. The minimum Gasteiger partial charge on any atom is -0.384 e. The molecule has 0 saturated carbocycles. The van der Waals surface area contributed by atoms with Crippen LogP contribution in [0.3, 0.4) is 0 Å². The summed E-state index contributed by atoms with van der Waals surface area (Å²) in [5.41, 5.74) is 5.74. The third-order valence-corrected chi connectivity index (χ3v) is 4.65. The Labute approximate surface area is 121 Å². The number of hydrogen-bond acceptors (Lipinski definition) is 3. The van der Waals surface area contributed by atoms with Crippen molar-refractivity contribution < 1.29 is 21.6 Å². The lowest BCUT2D eigenvalue weighted by Crippen LogP contribution is -2.31. The van der Waals surface area contributed by atoms with E-state index in [0.717, 1.165) is 4.31 Å². The fourth-order valence-corrected chi connectivity index (χ4v) is 2.96. The molecular formula is C12H16F3N3O2S. The first-order chi connectivity index (χ1) is 9.54. The van der Waals surface area contributed by atoms with Crippen LogP contribution in [0.1, 0.15) is 18.4 Å². The van der Waals surface area contributed by atoms with E-state index in [9.17, 15) is 21.6 Å². The van der Waals surface area contributed by atoms with Crippen LogP contribution in [-0.4, -0.2) is 33.2 Å². The molecule has 1 aromatic carbocycles. The quantitative estimate of drug-likeness (QED) is 0.620. The number of sulfonamides is 1. The fraction of sp³-hybridized carbons (Fsp3) is 0.417. The van der Waals surface area contributed by atoms with E-state index in [4.69, 9.17) is 11.1 Å². The minimum absolute atomic E-state index is 0.164. The maximum atomic E-state index is 12.1. The zero-order chi connectivity index (χ0) is 16.3. The molecular weight excluding hydrogens is 307 g/mol. The van der Waals surface area contributed by atoms with E-state index >= 15 is 0 Å². The van der Waals surface area contributed by atoms with Gasteiger partial charge in [0.05, 0.1) is 11.4 Å². The second kappa shape index (κ2) is 6.33. The summed E-state index contributed by atoms with van der Waals surface area (Å²) < 4.78 is 61.2. The summed E-state index contributed by atoms with van der Waals surface area (Å²) in [5, 5.41) is 7.40. The molecule has 9 heteroatoms. The van der Waals surface area contributed by atoms with Crippen molar-refractivity contribution in [3.8, 4) is 0 Å². The summed E-state index contributed by atoms with van der Waals surface area (Å²) in [6.07, 6.45) is -6.06. The predicted molar refractivity (Wildman–Crippen MR) is 74.9 cm³/mol. The number of nitrogens with zero attached hydrogens (tertiary/aromatic N) is 1. The smallest absolute Gasteiger partial charge is 0.384 e. The molecule has 0 aliphatic heterocycles. The first-order valence-electron chi connectivity index (χ1n) is 6.01. The molecule has 1 rings (SSSR count). The topological polar surface area (TPSA) is 87.2 Å². The molecule has 0 saturated heterocycles. The lowest BCUT2D eigenvalue weighted by atomic mass is 10.1. The van der Waals surface area contributed by atoms with Crippen LogP contribution in [0.5, 0.6) is 0 Å². The van der Waals surface area contributed by atoms with Gasteiger partial charge < -0.3 is 5.73 Å². The van der Waals surface area contributed by atoms with Gasteiger partial charge in [-0.2, -0.15) is 13.2 Å². The highest BCUT2D eigenvalue weighted by molar-refractivity contribution is 7.92. The molecule has 0 radical (unpaired) electrons. The van der Waals surface area contributed by atoms with E-state index in [1.54, 1.807) is 12.1 Å². The second-order valence-corrected chi connectivity index (χ2v) is 6.55. The Morgan fingerprint density at radius 3 is 2.43 bits per heavy atom. The van der Waals surface area contributed by atoms with E-state index in [0.29, 0.717) is 0 Å². The van der Waals surface area contributed by atoms with E-state index in [1.807, 2.05) is 0 Å².